The topological polar surface area (TPSA) is 89.2 Å². The number of hydrogen-bond donors (Lipinski definition) is 4. The minimum Gasteiger partial charge on any atom is -0.380 e. The fourth-order valence-electron chi connectivity index (χ4n) is 0.138. The second kappa shape index (κ2) is 6.28. The van der Waals surface area contributed by atoms with Gasteiger partial charge in [-0.2, -0.15) is 5.43 Å². The van der Waals surface area contributed by atoms with Crippen molar-refractivity contribution in [2.45, 2.75) is 0 Å². The first kappa shape index (κ1) is 7.28. The Hall–Kier alpha value is -0.720. The van der Waals surface area contributed by atoms with E-state index in [1.54, 1.807) is 0 Å². The summed E-state index contributed by atoms with van der Waals surface area (Å²) in [4.78, 5) is 0. The van der Waals surface area contributed by atoms with Crippen LogP contribution in [0.1, 0.15) is 0 Å². The molecule has 0 saturated heterocycles. The van der Waals surface area contributed by atoms with Crippen LogP contribution in [0.2, 0.25) is 0 Å². The highest BCUT2D eigenvalue weighted by molar-refractivity contribution is 4.13. The normalized spacial score (nSPS) is 10.2. The van der Waals surface area contributed by atoms with E-state index in [-0.39, 0.29) is 13.5 Å². The molecule has 6 nitrogen and oxygen atoms in total. The summed E-state index contributed by atoms with van der Waals surface area (Å²) in [5, 5.41) is 22.2. The lowest BCUT2D eigenvalue weighted by molar-refractivity contribution is 0.232. The van der Waals surface area contributed by atoms with Crippen LogP contribution < -0.4 is 11.0 Å². The molecule has 0 radical (unpaired) electrons. The van der Waals surface area contributed by atoms with Crippen molar-refractivity contribution < 1.29 is 10.2 Å². The summed E-state index contributed by atoms with van der Waals surface area (Å²) in [5.41, 5.74) is 4.35. The standard InChI is InChI=1S/C2H8N4O2/c7-1-3-5-6-4-2-8/h7-8H,1-2H2,(H,3,6)(H,4,5). The van der Waals surface area contributed by atoms with Crippen molar-refractivity contribution in [3.8, 4) is 0 Å². The van der Waals surface area contributed by atoms with Gasteiger partial charge in [0.25, 0.3) is 0 Å². The first-order chi connectivity index (χ1) is 3.91. The zero-order valence-electron chi connectivity index (χ0n) is 4.20. The van der Waals surface area contributed by atoms with Gasteiger partial charge in [-0.05, 0) is 0 Å². The minimum absolute atomic E-state index is 0.232. The zero-order chi connectivity index (χ0) is 6.24. The van der Waals surface area contributed by atoms with E-state index in [2.05, 4.69) is 21.3 Å². The van der Waals surface area contributed by atoms with Crippen LogP contribution in [-0.4, -0.2) is 23.7 Å². The van der Waals surface area contributed by atoms with Gasteiger partial charge in [-0.1, -0.05) is 5.22 Å². The molecule has 8 heavy (non-hydrogen) atoms. The van der Waals surface area contributed by atoms with E-state index >= 15 is 0 Å². The third-order valence-corrected chi connectivity index (χ3v) is 0.342. The third kappa shape index (κ3) is 5.28. The average Bonchev–Trinajstić information content (AvgIpc) is 1.81. The molecule has 0 atom stereocenters. The summed E-state index contributed by atoms with van der Waals surface area (Å²) in [6.07, 6.45) is 0. The highest BCUT2D eigenvalue weighted by atomic mass is 16.3. The van der Waals surface area contributed by atoms with Gasteiger partial charge in [0, 0.05) is 0 Å². The maximum Gasteiger partial charge on any atom is 0.157 e. The van der Waals surface area contributed by atoms with Crippen molar-refractivity contribution in [3.05, 3.63) is 0 Å². The van der Waals surface area contributed by atoms with Crippen LogP contribution in [0, 0.1) is 0 Å². The number of nitrogens with one attached hydrogen (secondary N) is 2. The van der Waals surface area contributed by atoms with Crippen LogP contribution in [0.5, 0.6) is 0 Å². The van der Waals surface area contributed by atoms with Crippen molar-refractivity contribution in [1.82, 2.24) is 11.0 Å². The van der Waals surface area contributed by atoms with Crippen molar-refractivity contribution in [2.24, 2.45) is 10.3 Å². The molecule has 0 aromatic heterocycles. The first-order valence-electron chi connectivity index (χ1n) is 1.98. The van der Waals surface area contributed by atoms with E-state index in [0.717, 1.165) is 0 Å². The van der Waals surface area contributed by atoms with Gasteiger partial charge in [-0.3, -0.25) is 0 Å². The molecule has 0 aliphatic rings. The van der Waals surface area contributed by atoms with Crippen LogP contribution in [0.15, 0.2) is 10.3 Å². The molecule has 0 aliphatic heterocycles. The lowest BCUT2D eigenvalue weighted by atomic mass is 11.3. The third-order valence-electron chi connectivity index (χ3n) is 0.342. The van der Waals surface area contributed by atoms with E-state index in [1.807, 2.05) is 0 Å². The molecule has 0 rings (SSSR count). The summed E-state index contributed by atoms with van der Waals surface area (Å²) >= 11 is 0. The molecule has 0 aromatic rings. The lowest BCUT2D eigenvalue weighted by Crippen LogP contribution is -2.26. The average molecular weight is 120 g/mol. The summed E-state index contributed by atoms with van der Waals surface area (Å²) < 4.78 is 0. The van der Waals surface area contributed by atoms with Gasteiger partial charge in [0.2, 0.25) is 0 Å². The second-order valence-electron chi connectivity index (χ2n) is 0.830. The highest BCUT2D eigenvalue weighted by Crippen LogP contribution is 1.60. The minimum atomic E-state index is -0.361. The predicted molar refractivity (Wildman–Crippen MR) is 25.3 cm³/mol. The number of hydrazine groups is 1. The van der Waals surface area contributed by atoms with Crippen LogP contribution >= 0.6 is 0 Å². The molecule has 0 amide bonds. The largest absolute Gasteiger partial charge is 0.380 e. The molecule has 0 fully saturated rings. The number of aliphatic hydroxyl groups is 2. The number of aliphatic hydroxyl groups excluding tert-OH is 2. The molecule has 0 aliphatic carbocycles. The van der Waals surface area contributed by atoms with Gasteiger partial charge >= 0.3 is 0 Å². The van der Waals surface area contributed by atoms with Crippen LogP contribution in [0.25, 0.3) is 0 Å². The van der Waals surface area contributed by atoms with Gasteiger partial charge in [0.15, 0.2) is 6.73 Å². The summed E-state index contributed by atoms with van der Waals surface area (Å²) in [6, 6.07) is 0. The first-order valence-corrected chi connectivity index (χ1v) is 1.98. The maximum atomic E-state index is 8.03. The zero-order valence-corrected chi connectivity index (χ0v) is 4.20. The summed E-state index contributed by atoms with van der Waals surface area (Å²) in [7, 11) is 0. The molecule has 0 bridgehead atoms. The van der Waals surface area contributed by atoms with Gasteiger partial charge < -0.3 is 10.2 Å². The van der Waals surface area contributed by atoms with Crippen molar-refractivity contribution in [2.75, 3.05) is 13.5 Å². The SMILES string of the molecule is OCN=NNNCO. The van der Waals surface area contributed by atoms with E-state index in [4.69, 9.17) is 10.2 Å². The van der Waals surface area contributed by atoms with Gasteiger partial charge in [-0.15, -0.1) is 5.11 Å². The van der Waals surface area contributed by atoms with Crippen LogP contribution in [0.3, 0.4) is 0 Å². The number of rotatable bonds is 4. The molecule has 0 unspecified atom stereocenters. The molecular weight excluding hydrogens is 112 g/mol. The van der Waals surface area contributed by atoms with Crippen LogP contribution in [-0.2, 0) is 0 Å². The lowest BCUT2D eigenvalue weighted by Gasteiger charge is -1.92. The molecule has 0 spiro atoms. The summed E-state index contributed by atoms with van der Waals surface area (Å²) in [5.74, 6) is 0. The highest BCUT2D eigenvalue weighted by Gasteiger charge is 1.69. The number of hydrogen-bond acceptors (Lipinski definition) is 5. The van der Waals surface area contributed by atoms with Crippen molar-refractivity contribution >= 4 is 0 Å². The predicted octanol–water partition coefficient (Wildman–Crippen LogP) is -1.65. The smallest absolute Gasteiger partial charge is 0.157 e. The Labute approximate surface area is 46.2 Å². The Balaban J connectivity index is 2.80. The fraction of sp³-hybridized carbons (Fsp3) is 1.00. The Morgan fingerprint density at radius 2 is 2.12 bits per heavy atom. The Morgan fingerprint density at radius 1 is 1.38 bits per heavy atom. The molecular formula is C2H8N4O2. The van der Waals surface area contributed by atoms with Gasteiger partial charge in [0.05, 0.1) is 0 Å². The van der Waals surface area contributed by atoms with Gasteiger partial charge in [-0.25, -0.2) is 5.53 Å². The van der Waals surface area contributed by atoms with Crippen molar-refractivity contribution in [3.63, 3.8) is 0 Å². The monoisotopic (exact) mass is 120 g/mol. The molecule has 0 aromatic carbocycles. The quantitative estimate of drug-likeness (QED) is 0.155. The maximum absolute atomic E-state index is 8.03. The molecule has 4 N–H and O–H groups in total. The van der Waals surface area contributed by atoms with Crippen LogP contribution in [0.4, 0.5) is 0 Å². The Bertz CT molecular complexity index is 65.1. The van der Waals surface area contributed by atoms with Crippen molar-refractivity contribution in [1.29, 1.82) is 0 Å². The number of nitrogens with zero attached hydrogens (tertiary/aromatic N) is 2. The molecule has 6 heteroatoms. The molecule has 0 heterocycles. The van der Waals surface area contributed by atoms with E-state index in [1.165, 1.54) is 0 Å². The van der Waals surface area contributed by atoms with E-state index in [0.29, 0.717) is 0 Å². The van der Waals surface area contributed by atoms with E-state index < -0.39 is 0 Å². The van der Waals surface area contributed by atoms with Gasteiger partial charge in [0.1, 0.15) is 6.73 Å². The molecule has 48 valence electrons. The second-order valence-corrected chi connectivity index (χ2v) is 0.830. The fourth-order valence-corrected chi connectivity index (χ4v) is 0.138. The Kier molecular flexibility index (Phi) is 5.71. The summed E-state index contributed by atoms with van der Waals surface area (Å²) in [6.45, 7) is -0.593. The molecule has 0 saturated carbocycles. The Morgan fingerprint density at radius 3 is 2.62 bits per heavy atom. The van der Waals surface area contributed by atoms with E-state index in [9.17, 15) is 0 Å².